The Hall–Kier alpha value is -8.14. The molecule has 61 heavy (non-hydrogen) atoms. The third kappa shape index (κ3) is 5.90. The van der Waals surface area contributed by atoms with Gasteiger partial charge in [-0.1, -0.05) is 176 Å². The lowest BCUT2D eigenvalue weighted by atomic mass is 9.89. The van der Waals surface area contributed by atoms with E-state index < -0.39 is 0 Å². The Bertz CT molecular complexity index is 3640. The summed E-state index contributed by atoms with van der Waals surface area (Å²) >= 11 is 0. The SMILES string of the molecule is c1ccc(-c2nc(-c3cccc(-c4c5ccccc5cc5c4ccc4ccccc45)c3)cc(-c3cccc(-c4cccc5c4c4ccccc4n5-c4ccccc4)c3)n2)cc1. The fourth-order valence-corrected chi connectivity index (χ4v) is 9.39. The van der Waals surface area contributed by atoms with Gasteiger partial charge in [-0.25, -0.2) is 9.97 Å². The van der Waals surface area contributed by atoms with Crippen molar-refractivity contribution in [2.45, 2.75) is 0 Å². The molecule has 12 aromatic rings. The van der Waals surface area contributed by atoms with E-state index in [0.717, 1.165) is 44.9 Å². The van der Waals surface area contributed by atoms with E-state index in [1.807, 2.05) is 18.2 Å². The van der Waals surface area contributed by atoms with Gasteiger partial charge in [0.05, 0.1) is 22.4 Å². The molecule has 0 fully saturated rings. The van der Waals surface area contributed by atoms with E-state index in [1.54, 1.807) is 0 Å². The van der Waals surface area contributed by atoms with E-state index >= 15 is 0 Å². The third-order valence-electron chi connectivity index (χ3n) is 12.2. The number of benzene rings is 10. The van der Waals surface area contributed by atoms with E-state index in [9.17, 15) is 0 Å². The molecule has 0 saturated carbocycles. The summed E-state index contributed by atoms with van der Waals surface area (Å²) in [6, 6.07) is 80.5. The van der Waals surface area contributed by atoms with Crippen LogP contribution in [0, 0.1) is 0 Å². The fourth-order valence-electron chi connectivity index (χ4n) is 9.39. The molecule has 0 bridgehead atoms. The number of hydrogen-bond acceptors (Lipinski definition) is 2. The van der Waals surface area contributed by atoms with Gasteiger partial charge in [-0.15, -0.1) is 0 Å². The summed E-state index contributed by atoms with van der Waals surface area (Å²) in [5.74, 6) is 0.694. The molecule has 284 valence electrons. The summed E-state index contributed by atoms with van der Waals surface area (Å²) in [5, 5.41) is 9.92. The summed E-state index contributed by atoms with van der Waals surface area (Å²) in [5.41, 5.74) is 13.0. The van der Waals surface area contributed by atoms with E-state index in [-0.39, 0.29) is 0 Å². The first-order valence-corrected chi connectivity index (χ1v) is 20.8. The Morgan fingerprint density at radius 2 is 0.885 bits per heavy atom. The molecular weight excluding hydrogens is 739 g/mol. The lowest BCUT2D eigenvalue weighted by Gasteiger charge is -2.15. The van der Waals surface area contributed by atoms with Crippen molar-refractivity contribution in [2.24, 2.45) is 0 Å². The topological polar surface area (TPSA) is 30.7 Å². The summed E-state index contributed by atoms with van der Waals surface area (Å²) in [4.78, 5) is 10.5. The molecule has 0 atom stereocenters. The average molecular weight is 776 g/mol. The Kier molecular flexibility index (Phi) is 8.17. The molecule has 0 spiro atoms. The van der Waals surface area contributed by atoms with E-state index in [2.05, 4.69) is 211 Å². The average Bonchev–Trinajstić information content (AvgIpc) is 3.68. The van der Waals surface area contributed by atoms with Gasteiger partial charge in [0.15, 0.2) is 5.82 Å². The van der Waals surface area contributed by atoms with E-state index in [0.29, 0.717) is 5.82 Å². The molecular formula is C58H37N3. The molecule has 0 amide bonds. The largest absolute Gasteiger partial charge is 0.309 e. The van der Waals surface area contributed by atoms with Crippen LogP contribution in [0.1, 0.15) is 0 Å². The van der Waals surface area contributed by atoms with Gasteiger partial charge in [0.2, 0.25) is 0 Å². The molecule has 0 aliphatic rings. The van der Waals surface area contributed by atoms with Crippen LogP contribution in [-0.2, 0) is 0 Å². The minimum absolute atomic E-state index is 0.694. The summed E-state index contributed by atoms with van der Waals surface area (Å²) < 4.78 is 2.37. The molecule has 0 aliphatic carbocycles. The van der Waals surface area contributed by atoms with Crippen molar-refractivity contribution in [3.8, 4) is 61.8 Å². The molecule has 3 heteroatoms. The van der Waals surface area contributed by atoms with Crippen molar-refractivity contribution in [3.05, 3.63) is 224 Å². The molecule has 0 radical (unpaired) electrons. The minimum Gasteiger partial charge on any atom is -0.309 e. The van der Waals surface area contributed by atoms with Crippen LogP contribution < -0.4 is 0 Å². The van der Waals surface area contributed by atoms with Crippen LogP contribution in [0.25, 0.3) is 116 Å². The van der Waals surface area contributed by atoms with Crippen LogP contribution in [0.4, 0.5) is 0 Å². The monoisotopic (exact) mass is 775 g/mol. The standard InChI is InChI=1S/C58H37N3/c1-3-17-39(18-4-1)58-59-52(42-21-13-20-40(34-42)48-29-15-31-55-57(48)50-28-11-12-30-54(50)61(55)45-24-5-2-6-25-45)37-53(60-58)43-22-14-23-44(35-43)56-47-27-10-8-19-41(47)36-51-46-26-9-7-16-38(46)32-33-49(51)56/h1-37H. The molecule has 0 saturated heterocycles. The van der Waals surface area contributed by atoms with Crippen LogP contribution in [0.2, 0.25) is 0 Å². The smallest absolute Gasteiger partial charge is 0.160 e. The van der Waals surface area contributed by atoms with Crippen LogP contribution in [0.15, 0.2) is 224 Å². The highest BCUT2D eigenvalue weighted by Crippen LogP contribution is 2.42. The molecule has 3 nitrogen and oxygen atoms in total. The maximum absolute atomic E-state index is 5.27. The Labute approximate surface area is 353 Å². The minimum atomic E-state index is 0.694. The second kappa shape index (κ2) is 14.3. The van der Waals surface area contributed by atoms with E-state index in [1.165, 1.54) is 65.3 Å². The van der Waals surface area contributed by atoms with Gasteiger partial charge in [-0.05, 0) is 103 Å². The Balaban J connectivity index is 1.03. The zero-order valence-corrected chi connectivity index (χ0v) is 33.2. The van der Waals surface area contributed by atoms with Crippen LogP contribution >= 0.6 is 0 Å². The van der Waals surface area contributed by atoms with Gasteiger partial charge in [0.25, 0.3) is 0 Å². The zero-order chi connectivity index (χ0) is 40.3. The lowest BCUT2D eigenvalue weighted by molar-refractivity contribution is 1.18. The maximum Gasteiger partial charge on any atom is 0.160 e. The van der Waals surface area contributed by atoms with Gasteiger partial charge in [0, 0.05) is 33.2 Å². The van der Waals surface area contributed by atoms with Crippen molar-refractivity contribution < 1.29 is 0 Å². The van der Waals surface area contributed by atoms with Crippen molar-refractivity contribution in [3.63, 3.8) is 0 Å². The quantitative estimate of drug-likeness (QED) is 0.124. The highest BCUT2D eigenvalue weighted by Gasteiger charge is 2.18. The number of aromatic nitrogens is 3. The van der Waals surface area contributed by atoms with Crippen molar-refractivity contribution in [1.82, 2.24) is 14.5 Å². The zero-order valence-electron chi connectivity index (χ0n) is 33.2. The molecule has 12 rings (SSSR count). The summed E-state index contributed by atoms with van der Waals surface area (Å²) in [6.45, 7) is 0. The first kappa shape index (κ1) is 34.9. The molecule has 0 aliphatic heterocycles. The van der Waals surface area contributed by atoms with Gasteiger partial charge < -0.3 is 4.57 Å². The molecule has 2 aromatic heterocycles. The molecule has 0 unspecified atom stereocenters. The first-order chi connectivity index (χ1) is 30.2. The van der Waals surface area contributed by atoms with Gasteiger partial charge >= 0.3 is 0 Å². The second-order valence-electron chi connectivity index (χ2n) is 15.7. The van der Waals surface area contributed by atoms with Crippen LogP contribution in [0.5, 0.6) is 0 Å². The van der Waals surface area contributed by atoms with Crippen molar-refractivity contribution in [1.29, 1.82) is 0 Å². The summed E-state index contributed by atoms with van der Waals surface area (Å²) in [6.07, 6.45) is 0. The number of para-hydroxylation sites is 2. The van der Waals surface area contributed by atoms with Crippen molar-refractivity contribution >= 4 is 54.1 Å². The normalized spacial score (nSPS) is 11.6. The van der Waals surface area contributed by atoms with Crippen LogP contribution in [0.3, 0.4) is 0 Å². The highest BCUT2D eigenvalue weighted by atomic mass is 15.0. The van der Waals surface area contributed by atoms with E-state index in [4.69, 9.17) is 9.97 Å². The first-order valence-electron chi connectivity index (χ1n) is 20.8. The van der Waals surface area contributed by atoms with Gasteiger partial charge in [-0.2, -0.15) is 0 Å². The maximum atomic E-state index is 5.27. The second-order valence-corrected chi connectivity index (χ2v) is 15.7. The predicted octanol–water partition coefficient (Wildman–Crippen LogP) is 15.4. The number of hydrogen-bond donors (Lipinski definition) is 0. The number of fused-ring (bicyclic) bond motifs is 7. The van der Waals surface area contributed by atoms with Gasteiger partial charge in [0.1, 0.15) is 0 Å². The Morgan fingerprint density at radius 1 is 0.311 bits per heavy atom. The van der Waals surface area contributed by atoms with Gasteiger partial charge in [-0.3, -0.25) is 0 Å². The Morgan fingerprint density at radius 3 is 1.67 bits per heavy atom. The van der Waals surface area contributed by atoms with Crippen molar-refractivity contribution in [2.75, 3.05) is 0 Å². The number of rotatable bonds is 6. The fraction of sp³-hybridized carbons (Fsp3) is 0. The molecule has 0 N–H and O–H groups in total. The van der Waals surface area contributed by atoms with Crippen LogP contribution in [-0.4, -0.2) is 14.5 Å². The lowest BCUT2D eigenvalue weighted by Crippen LogP contribution is -1.96. The highest BCUT2D eigenvalue weighted by molar-refractivity contribution is 6.20. The molecule has 2 heterocycles. The summed E-state index contributed by atoms with van der Waals surface area (Å²) in [7, 11) is 0. The molecule has 10 aromatic carbocycles. The predicted molar refractivity (Wildman–Crippen MR) is 256 cm³/mol. The third-order valence-corrected chi connectivity index (χ3v) is 12.2. The number of nitrogens with zero attached hydrogens (tertiary/aromatic N) is 3.